The number of ether oxygens (including phenoxy) is 4. The number of hydrogen-bond acceptors (Lipinski definition) is 5. The molecule has 168 valence electrons. The minimum atomic E-state index is 0.0412. The minimum absolute atomic E-state index is 0.0412. The van der Waals surface area contributed by atoms with Gasteiger partial charge in [0.2, 0.25) is 0 Å². The first-order valence-electron chi connectivity index (χ1n) is 10.5. The van der Waals surface area contributed by atoms with Crippen LogP contribution in [0.25, 0.3) is 12.2 Å². The lowest BCUT2D eigenvalue weighted by molar-refractivity contribution is -0.112. The predicted octanol–water partition coefficient (Wildman–Crippen LogP) is 4.95. The molecule has 1 aliphatic rings. The van der Waals surface area contributed by atoms with E-state index < -0.39 is 0 Å². The van der Waals surface area contributed by atoms with Crippen molar-refractivity contribution in [1.29, 1.82) is 0 Å². The van der Waals surface area contributed by atoms with Gasteiger partial charge in [0.15, 0.2) is 28.8 Å². The van der Waals surface area contributed by atoms with Gasteiger partial charge in [-0.15, -0.1) is 12.8 Å². The molecule has 33 heavy (non-hydrogen) atoms. The van der Waals surface area contributed by atoms with Crippen LogP contribution in [0.5, 0.6) is 23.0 Å². The van der Waals surface area contributed by atoms with Crippen LogP contribution in [0.1, 0.15) is 30.4 Å². The molecule has 5 nitrogen and oxygen atoms in total. The van der Waals surface area contributed by atoms with Gasteiger partial charge in [0.05, 0.1) is 14.2 Å². The normalized spacial score (nSPS) is 15.6. The van der Waals surface area contributed by atoms with Crippen LogP contribution in [0.3, 0.4) is 0 Å². The fourth-order valence-corrected chi connectivity index (χ4v) is 3.61. The van der Waals surface area contributed by atoms with Crippen molar-refractivity contribution in [1.82, 2.24) is 0 Å². The Labute approximate surface area is 195 Å². The van der Waals surface area contributed by atoms with Gasteiger partial charge in [-0.2, -0.15) is 0 Å². The summed E-state index contributed by atoms with van der Waals surface area (Å²) in [6.45, 7) is 0.316. The van der Waals surface area contributed by atoms with Crippen molar-refractivity contribution in [2.75, 3.05) is 27.4 Å². The van der Waals surface area contributed by atoms with Crippen LogP contribution in [0.4, 0.5) is 0 Å². The van der Waals surface area contributed by atoms with Gasteiger partial charge < -0.3 is 18.9 Å². The van der Waals surface area contributed by atoms with E-state index in [1.807, 2.05) is 36.4 Å². The highest BCUT2D eigenvalue weighted by atomic mass is 16.5. The van der Waals surface area contributed by atoms with Crippen LogP contribution in [0.2, 0.25) is 0 Å². The zero-order valence-electron chi connectivity index (χ0n) is 18.9. The molecule has 1 saturated carbocycles. The number of ketones is 1. The quantitative estimate of drug-likeness (QED) is 0.428. The van der Waals surface area contributed by atoms with E-state index in [1.165, 1.54) is 0 Å². The van der Waals surface area contributed by atoms with Crippen molar-refractivity contribution in [2.45, 2.75) is 19.3 Å². The van der Waals surface area contributed by atoms with Gasteiger partial charge in [0.1, 0.15) is 13.2 Å². The zero-order chi connectivity index (χ0) is 23.6. The molecule has 0 unspecified atom stereocenters. The molecule has 0 radical (unpaired) electrons. The summed E-state index contributed by atoms with van der Waals surface area (Å²) in [5.41, 5.74) is 3.24. The van der Waals surface area contributed by atoms with Gasteiger partial charge in [-0.25, -0.2) is 0 Å². The van der Waals surface area contributed by atoms with Crippen LogP contribution >= 0.6 is 0 Å². The number of allylic oxidation sites excluding steroid dienone is 2. The van der Waals surface area contributed by atoms with E-state index in [1.54, 1.807) is 26.4 Å². The Bertz CT molecular complexity index is 1070. The third-order valence-electron chi connectivity index (χ3n) is 5.15. The lowest BCUT2D eigenvalue weighted by atomic mass is 9.87. The molecule has 0 heterocycles. The Kier molecular flexibility index (Phi) is 8.22. The summed E-state index contributed by atoms with van der Waals surface area (Å²) in [5.74, 6) is 7.18. The first kappa shape index (κ1) is 23.6. The molecule has 0 aromatic heterocycles. The topological polar surface area (TPSA) is 54.0 Å². The number of methoxy groups -OCH3 is 2. The highest BCUT2D eigenvalue weighted by Gasteiger charge is 2.21. The Morgan fingerprint density at radius 3 is 1.64 bits per heavy atom. The van der Waals surface area contributed by atoms with Crippen molar-refractivity contribution in [3.05, 3.63) is 58.7 Å². The highest BCUT2D eigenvalue weighted by Crippen LogP contribution is 2.33. The maximum atomic E-state index is 13.2. The Morgan fingerprint density at radius 2 is 1.24 bits per heavy atom. The standard InChI is InChI=1S/C28H26O5/c1-5-14-32-24-12-10-20(18-26(24)30-3)16-22-8-7-9-23(28(22)29)17-21-11-13-25(33-15-6-2)27(19-21)31-4/h1-2,10-13,16-19H,7-9,14-15H2,3-4H3/b22-16+,23-17+. The smallest absolute Gasteiger partial charge is 0.185 e. The second-order valence-corrected chi connectivity index (χ2v) is 7.33. The maximum Gasteiger partial charge on any atom is 0.185 e. The molecule has 0 atom stereocenters. The number of terminal acetylenes is 2. The van der Waals surface area contributed by atoms with E-state index in [-0.39, 0.29) is 19.0 Å². The molecular formula is C28H26O5. The Hall–Kier alpha value is -4.09. The molecule has 1 aliphatic carbocycles. The fraction of sp³-hybridized carbons (Fsp3) is 0.250. The number of Topliss-reactive ketones (excluding diaryl/α,β-unsaturated/α-hetero) is 1. The van der Waals surface area contributed by atoms with Gasteiger partial charge >= 0.3 is 0 Å². The number of carbonyl (C=O) groups excluding carboxylic acids is 1. The molecular weight excluding hydrogens is 416 g/mol. The lowest BCUT2D eigenvalue weighted by Gasteiger charge is -2.17. The zero-order valence-corrected chi connectivity index (χ0v) is 18.9. The summed E-state index contributed by atoms with van der Waals surface area (Å²) in [6, 6.07) is 11.0. The van der Waals surface area contributed by atoms with Gasteiger partial charge in [-0.1, -0.05) is 24.0 Å². The van der Waals surface area contributed by atoms with Gasteiger partial charge in [-0.05, 0) is 66.8 Å². The molecule has 0 amide bonds. The first-order chi connectivity index (χ1) is 16.1. The molecule has 2 aromatic rings. The molecule has 0 spiro atoms. The van der Waals surface area contributed by atoms with Crippen molar-refractivity contribution < 1.29 is 23.7 Å². The number of hydrogen-bond donors (Lipinski definition) is 0. The Balaban J connectivity index is 1.84. The summed E-state index contributed by atoms with van der Waals surface area (Å²) in [5, 5.41) is 0. The van der Waals surface area contributed by atoms with Crippen molar-refractivity contribution in [3.63, 3.8) is 0 Å². The first-order valence-corrected chi connectivity index (χ1v) is 10.5. The van der Waals surface area contributed by atoms with Gasteiger partial charge in [0.25, 0.3) is 0 Å². The molecule has 2 aromatic carbocycles. The molecule has 0 bridgehead atoms. The number of benzene rings is 2. The third kappa shape index (κ3) is 5.99. The summed E-state index contributed by atoms with van der Waals surface area (Å²) < 4.78 is 21.8. The SMILES string of the molecule is C#CCOc1ccc(/C=C2\CCC/C(=C\c3ccc(OCC#C)c(OC)c3)C2=O)cc1OC. The minimum Gasteiger partial charge on any atom is -0.493 e. The van der Waals surface area contributed by atoms with E-state index in [0.29, 0.717) is 23.0 Å². The van der Waals surface area contributed by atoms with Crippen LogP contribution in [-0.4, -0.2) is 33.2 Å². The van der Waals surface area contributed by atoms with Crippen LogP contribution in [-0.2, 0) is 4.79 Å². The average molecular weight is 443 g/mol. The predicted molar refractivity (Wildman–Crippen MR) is 129 cm³/mol. The Morgan fingerprint density at radius 1 is 0.788 bits per heavy atom. The summed E-state index contributed by atoms with van der Waals surface area (Å²) >= 11 is 0. The number of carbonyl (C=O) groups is 1. The fourth-order valence-electron chi connectivity index (χ4n) is 3.61. The molecule has 0 saturated heterocycles. The second kappa shape index (κ2) is 11.5. The molecule has 0 N–H and O–H groups in total. The lowest BCUT2D eigenvalue weighted by Crippen LogP contribution is -2.12. The molecule has 1 fully saturated rings. The van der Waals surface area contributed by atoms with Crippen LogP contribution in [0.15, 0.2) is 47.5 Å². The summed E-state index contributed by atoms with van der Waals surface area (Å²) in [7, 11) is 3.14. The monoisotopic (exact) mass is 442 g/mol. The van der Waals surface area contributed by atoms with E-state index >= 15 is 0 Å². The summed E-state index contributed by atoms with van der Waals surface area (Å²) in [6.07, 6.45) is 16.7. The van der Waals surface area contributed by atoms with E-state index in [4.69, 9.17) is 31.8 Å². The number of rotatable bonds is 8. The van der Waals surface area contributed by atoms with E-state index in [9.17, 15) is 4.79 Å². The largest absolute Gasteiger partial charge is 0.493 e. The summed E-state index contributed by atoms with van der Waals surface area (Å²) in [4.78, 5) is 13.2. The van der Waals surface area contributed by atoms with Crippen molar-refractivity contribution in [3.8, 4) is 47.7 Å². The van der Waals surface area contributed by atoms with Crippen LogP contribution < -0.4 is 18.9 Å². The third-order valence-corrected chi connectivity index (χ3v) is 5.15. The van der Waals surface area contributed by atoms with Crippen molar-refractivity contribution in [2.24, 2.45) is 0 Å². The second-order valence-electron chi connectivity index (χ2n) is 7.33. The highest BCUT2D eigenvalue weighted by molar-refractivity contribution is 6.14. The van der Waals surface area contributed by atoms with Gasteiger partial charge in [-0.3, -0.25) is 4.79 Å². The van der Waals surface area contributed by atoms with E-state index in [2.05, 4.69) is 11.8 Å². The molecule has 5 heteroatoms. The van der Waals surface area contributed by atoms with E-state index in [0.717, 1.165) is 41.5 Å². The van der Waals surface area contributed by atoms with Gasteiger partial charge in [0, 0.05) is 11.1 Å². The van der Waals surface area contributed by atoms with Crippen LogP contribution in [0, 0.1) is 24.7 Å². The maximum absolute atomic E-state index is 13.2. The average Bonchev–Trinajstić information content (AvgIpc) is 2.84. The molecule has 3 rings (SSSR count). The van der Waals surface area contributed by atoms with Crippen molar-refractivity contribution >= 4 is 17.9 Å². The molecule has 0 aliphatic heterocycles.